The van der Waals surface area contributed by atoms with Crippen molar-refractivity contribution in [1.29, 1.82) is 0 Å². The molecule has 0 saturated carbocycles. The van der Waals surface area contributed by atoms with Crippen LogP contribution in [0.25, 0.3) is 0 Å². The molecule has 24 heavy (non-hydrogen) atoms. The lowest BCUT2D eigenvalue weighted by molar-refractivity contribution is -0.132. The van der Waals surface area contributed by atoms with Crippen LogP contribution in [-0.4, -0.2) is 42.0 Å². The second-order valence-corrected chi connectivity index (χ2v) is 7.50. The lowest BCUT2D eigenvalue weighted by Gasteiger charge is -2.32. The topological polar surface area (TPSA) is 45.2 Å². The second-order valence-electron chi connectivity index (χ2n) is 6.61. The Kier molecular flexibility index (Phi) is 9.57. The van der Waals surface area contributed by atoms with Gasteiger partial charge >= 0.3 is 0 Å². The highest BCUT2D eigenvalue weighted by Gasteiger charge is 2.27. The molecule has 1 amide bonds. The molecule has 7 heteroatoms. The predicted molar refractivity (Wildman–Crippen MR) is 105 cm³/mol. The minimum Gasteiger partial charge on any atom is -0.342 e. The molecule has 2 fully saturated rings. The van der Waals surface area contributed by atoms with E-state index in [-0.39, 0.29) is 24.8 Å². The third-order valence-electron chi connectivity index (χ3n) is 4.98. The van der Waals surface area contributed by atoms with Crippen molar-refractivity contribution in [2.24, 2.45) is 5.92 Å². The Hall–Kier alpha value is -0.360. The monoisotopic (exact) mass is 393 g/mol. The SMILES string of the molecule is CCc1csc(C2CCCN(C(=O)CCC3CCNC3)C2)n1.Cl.Cl. The fraction of sp³-hybridized carbons (Fsp3) is 0.765. The largest absolute Gasteiger partial charge is 0.342 e. The average molecular weight is 394 g/mol. The van der Waals surface area contributed by atoms with E-state index in [1.54, 1.807) is 11.3 Å². The van der Waals surface area contributed by atoms with Gasteiger partial charge in [-0.05, 0) is 51.1 Å². The number of aromatic nitrogens is 1. The third-order valence-corrected chi connectivity index (χ3v) is 6.04. The number of halogens is 2. The van der Waals surface area contributed by atoms with Crippen LogP contribution < -0.4 is 5.32 Å². The number of likely N-dealkylation sites (tertiary alicyclic amines) is 1. The summed E-state index contributed by atoms with van der Waals surface area (Å²) in [5.41, 5.74) is 1.19. The predicted octanol–water partition coefficient (Wildman–Crippen LogP) is 3.64. The van der Waals surface area contributed by atoms with E-state index in [1.165, 1.54) is 23.5 Å². The average Bonchev–Trinajstić information content (AvgIpc) is 3.24. The molecule has 4 nitrogen and oxygen atoms in total. The van der Waals surface area contributed by atoms with Gasteiger partial charge < -0.3 is 10.2 Å². The van der Waals surface area contributed by atoms with Crippen molar-refractivity contribution in [3.8, 4) is 0 Å². The van der Waals surface area contributed by atoms with Gasteiger partial charge in [0, 0.05) is 30.8 Å². The third kappa shape index (κ3) is 5.58. The number of hydrogen-bond donors (Lipinski definition) is 1. The molecular formula is C17H29Cl2N3OS. The van der Waals surface area contributed by atoms with Crippen LogP contribution in [0.15, 0.2) is 5.38 Å². The van der Waals surface area contributed by atoms with Gasteiger partial charge in [-0.25, -0.2) is 4.98 Å². The van der Waals surface area contributed by atoms with Gasteiger partial charge in [0.1, 0.15) is 0 Å². The highest BCUT2D eigenvalue weighted by Crippen LogP contribution is 2.30. The second kappa shape index (κ2) is 10.6. The van der Waals surface area contributed by atoms with Gasteiger partial charge in [-0.3, -0.25) is 4.79 Å². The number of thiazole rings is 1. The lowest BCUT2D eigenvalue weighted by Crippen LogP contribution is -2.39. The zero-order chi connectivity index (χ0) is 15.4. The van der Waals surface area contributed by atoms with Crippen molar-refractivity contribution in [3.63, 3.8) is 0 Å². The summed E-state index contributed by atoms with van der Waals surface area (Å²) in [6, 6.07) is 0. The molecule has 0 radical (unpaired) electrons. The molecule has 0 aromatic carbocycles. The van der Waals surface area contributed by atoms with Crippen molar-refractivity contribution in [2.75, 3.05) is 26.2 Å². The first-order chi connectivity index (χ1) is 10.8. The Bertz CT molecular complexity index is 506. The molecule has 1 aromatic heterocycles. The summed E-state index contributed by atoms with van der Waals surface area (Å²) in [6.45, 7) is 6.17. The molecule has 2 aliphatic heterocycles. The fourth-order valence-corrected chi connectivity index (χ4v) is 4.56. The zero-order valence-electron chi connectivity index (χ0n) is 14.3. The van der Waals surface area contributed by atoms with E-state index in [0.717, 1.165) is 51.9 Å². The maximum absolute atomic E-state index is 12.5. The summed E-state index contributed by atoms with van der Waals surface area (Å²) in [7, 11) is 0. The summed E-state index contributed by atoms with van der Waals surface area (Å²) in [5.74, 6) is 1.51. The number of nitrogens with zero attached hydrogens (tertiary/aromatic N) is 2. The van der Waals surface area contributed by atoms with Crippen LogP contribution in [0.1, 0.15) is 55.6 Å². The van der Waals surface area contributed by atoms with Crippen molar-refractivity contribution >= 4 is 42.1 Å². The van der Waals surface area contributed by atoms with Gasteiger partial charge in [-0.2, -0.15) is 0 Å². The van der Waals surface area contributed by atoms with Crippen molar-refractivity contribution in [1.82, 2.24) is 15.2 Å². The number of amides is 1. The van der Waals surface area contributed by atoms with Crippen molar-refractivity contribution < 1.29 is 4.79 Å². The number of hydrogen-bond acceptors (Lipinski definition) is 4. The molecule has 138 valence electrons. The van der Waals surface area contributed by atoms with E-state index < -0.39 is 0 Å². The molecule has 2 saturated heterocycles. The van der Waals surface area contributed by atoms with E-state index >= 15 is 0 Å². The van der Waals surface area contributed by atoms with Crippen LogP contribution >= 0.6 is 36.2 Å². The summed E-state index contributed by atoms with van der Waals surface area (Å²) >= 11 is 1.77. The Morgan fingerprint density at radius 3 is 2.92 bits per heavy atom. The Morgan fingerprint density at radius 1 is 1.42 bits per heavy atom. The van der Waals surface area contributed by atoms with Crippen LogP contribution in [0.2, 0.25) is 0 Å². The Balaban J connectivity index is 0.00000144. The van der Waals surface area contributed by atoms with Crippen LogP contribution in [0.5, 0.6) is 0 Å². The molecule has 2 atom stereocenters. The van der Waals surface area contributed by atoms with Gasteiger partial charge in [-0.15, -0.1) is 36.2 Å². The molecule has 3 heterocycles. The van der Waals surface area contributed by atoms with Gasteiger partial charge in [0.25, 0.3) is 0 Å². The number of aryl methyl sites for hydroxylation is 1. The highest BCUT2D eigenvalue weighted by atomic mass is 35.5. The first kappa shape index (κ1) is 21.7. The molecular weight excluding hydrogens is 365 g/mol. The number of carbonyl (C=O) groups excluding carboxylic acids is 1. The molecule has 2 unspecified atom stereocenters. The quantitative estimate of drug-likeness (QED) is 0.829. The highest BCUT2D eigenvalue weighted by molar-refractivity contribution is 7.09. The van der Waals surface area contributed by atoms with E-state index in [0.29, 0.717) is 17.7 Å². The van der Waals surface area contributed by atoms with Crippen LogP contribution in [0.3, 0.4) is 0 Å². The maximum atomic E-state index is 12.5. The number of piperidine rings is 1. The minimum absolute atomic E-state index is 0. The van der Waals surface area contributed by atoms with Crippen LogP contribution in [0.4, 0.5) is 0 Å². The first-order valence-electron chi connectivity index (χ1n) is 8.69. The number of nitrogens with one attached hydrogen (secondary N) is 1. The smallest absolute Gasteiger partial charge is 0.222 e. The van der Waals surface area contributed by atoms with Gasteiger partial charge in [0.05, 0.1) is 10.7 Å². The zero-order valence-corrected chi connectivity index (χ0v) is 16.8. The van der Waals surface area contributed by atoms with E-state index in [2.05, 4.69) is 22.5 Å². The van der Waals surface area contributed by atoms with Gasteiger partial charge in [0.15, 0.2) is 0 Å². The van der Waals surface area contributed by atoms with Crippen molar-refractivity contribution in [3.05, 3.63) is 16.1 Å². The Labute approximate surface area is 161 Å². The first-order valence-corrected chi connectivity index (χ1v) is 9.57. The molecule has 0 aliphatic carbocycles. The van der Waals surface area contributed by atoms with E-state index in [1.807, 2.05) is 0 Å². The van der Waals surface area contributed by atoms with Gasteiger partial charge in [-0.1, -0.05) is 6.92 Å². The maximum Gasteiger partial charge on any atom is 0.222 e. The molecule has 3 rings (SSSR count). The Morgan fingerprint density at radius 2 is 2.25 bits per heavy atom. The summed E-state index contributed by atoms with van der Waals surface area (Å²) in [5, 5.41) is 6.78. The van der Waals surface area contributed by atoms with Crippen LogP contribution in [0, 0.1) is 5.92 Å². The van der Waals surface area contributed by atoms with E-state index in [9.17, 15) is 4.79 Å². The summed E-state index contributed by atoms with van der Waals surface area (Å²) in [6.07, 6.45) is 6.28. The standard InChI is InChI=1S/C17H27N3OS.2ClH/c1-2-15-12-22-17(19-15)14-4-3-9-20(11-14)16(21)6-5-13-7-8-18-10-13;;/h12-14,18H,2-11H2,1H3;2*1H. The minimum atomic E-state index is 0. The molecule has 1 aromatic rings. The normalized spacial score (nSPS) is 23.5. The van der Waals surface area contributed by atoms with Crippen molar-refractivity contribution in [2.45, 2.75) is 51.4 Å². The number of rotatable bonds is 5. The lowest BCUT2D eigenvalue weighted by atomic mass is 9.97. The van der Waals surface area contributed by atoms with E-state index in [4.69, 9.17) is 4.98 Å². The molecule has 0 spiro atoms. The van der Waals surface area contributed by atoms with Crippen LogP contribution in [-0.2, 0) is 11.2 Å². The summed E-state index contributed by atoms with van der Waals surface area (Å²) < 4.78 is 0. The fourth-order valence-electron chi connectivity index (χ4n) is 3.52. The molecule has 1 N–H and O–H groups in total. The molecule has 0 bridgehead atoms. The summed E-state index contributed by atoms with van der Waals surface area (Å²) in [4.78, 5) is 19.3. The van der Waals surface area contributed by atoms with Gasteiger partial charge in [0.2, 0.25) is 5.91 Å². The molecule has 2 aliphatic rings. The number of carbonyl (C=O) groups is 1.